The summed E-state index contributed by atoms with van der Waals surface area (Å²) >= 11 is 0. The predicted molar refractivity (Wildman–Crippen MR) is 321 cm³/mol. The molecule has 8 aromatic rings. The number of benzene rings is 2. The van der Waals surface area contributed by atoms with Gasteiger partial charge in [-0.3, -0.25) is 59.0 Å². The molecule has 0 spiro atoms. The summed E-state index contributed by atoms with van der Waals surface area (Å²) in [6.07, 6.45) is 17.1. The molecule has 82 heavy (non-hydrogen) atoms. The van der Waals surface area contributed by atoms with Crippen LogP contribution in [0.3, 0.4) is 0 Å². The fourth-order valence-corrected chi connectivity index (χ4v) is 11.1. The molecule has 0 radical (unpaired) electrons. The molecule has 432 valence electrons. The molecule has 1 amide bonds. The number of carbonyl (C=O) groups excluding carboxylic acids is 1. The van der Waals surface area contributed by atoms with E-state index in [1.54, 1.807) is 23.6 Å². The third kappa shape index (κ3) is 16.2. The molecule has 18 heteroatoms. The summed E-state index contributed by atoms with van der Waals surface area (Å²) in [5.41, 5.74) is 20.4. The number of carbonyl (C=O) groups is 1. The molecule has 0 aliphatic carbocycles. The van der Waals surface area contributed by atoms with Crippen molar-refractivity contribution in [1.82, 2.24) is 78.8 Å². The summed E-state index contributed by atoms with van der Waals surface area (Å²) in [5.74, 6) is 1.18. The van der Waals surface area contributed by atoms with Gasteiger partial charge in [0.2, 0.25) is 0 Å². The molecule has 18 nitrogen and oxygen atoms in total. The Hall–Kier alpha value is -7.42. The van der Waals surface area contributed by atoms with E-state index in [9.17, 15) is 4.79 Å². The SMILES string of the molecule is C.CN1Cc2ccccc2C1.CN1Cc2ccccc2C1=O.CN1Cc2cccnc2C1.CN1Cc2ccncc2C1.CN1Cc2cn(C)cc2C1.CN1Cc2cncnc2C1.CN1Cc2nccnc2C1.Cc1noc2c1CN(C)C2. The molecule has 0 bridgehead atoms. The number of pyridine rings is 2. The third-order valence-electron chi connectivity index (χ3n) is 15.1. The van der Waals surface area contributed by atoms with Crippen molar-refractivity contribution in [2.45, 2.75) is 113 Å². The average molecular weight is 1110 g/mol. The summed E-state index contributed by atoms with van der Waals surface area (Å²) in [4.78, 5) is 53.7. The molecule has 0 fully saturated rings. The molecule has 16 rings (SSSR count). The molecule has 8 aliphatic rings. The molecule has 0 unspecified atom stereocenters. The first kappa shape index (κ1) is 60.7. The lowest BCUT2D eigenvalue weighted by atomic mass is 10.1. The van der Waals surface area contributed by atoms with Gasteiger partial charge < -0.3 is 14.0 Å². The smallest absolute Gasteiger partial charge is 0.254 e. The van der Waals surface area contributed by atoms with Crippen molar-refractivity contribution in [3.8, 4) is 0 Å². The fourth-order valence-electron chi connectivity index (χ4n) is 11.1. The summed E-state index contributed by atoms with van der Waals surface area (Å²) < 4.78 is 7.22. The van der Waals surface area contributed by atoms with Crippen LogP contribution in [0.15, 0.2) is 127 Å². The van der Waals surface area contributed by atoms with Crippen molar-refractivity contribution < 1.29 is 9.32 Å². The normalized spacial score (nSPS) is 17.0. The molecule has 0 atom stereocenters. The number of hydrogen-bond acceptors (Lipinski definition) is 16. The number of aromatic nitrogens is 8. The van der Waals surface area contributed by atoms with E-state index < -0.39 is 0 Å². The monoisotopic (exact) mass is 1110 g/mol. The maximum Gasteiger partial charge on any atom is 0.254 e. The van der Waals surface area contributed by atoms with E-state index in [0.717, 1.165) is 132 Å². The maximum atomic E-state index is 11.3. The number of fused-ring (bicyclic) bond motifs is 8. The zero-order valence-electron chi connectivity index (χ0n) is 49.1. The van der Waals surface area contributed by atoms with Gasteiger partial charge in [-0.1, -0.05) is 61.1 Å². The fraction of sp³-hybridized carbons (Fsp3) is 0.406. The molecule has 0 saturated heterocycles. The van der Waals surface area contributed by atoms with Crippen molar-refractivity contribution in [3.05, 3.63) is 218 Å². The van der Waals surface area contributed by atoms with Crippen LogP contribution < -0.4 is 0 Å². The second-order valence-corrected chi connectivity index (χ2v) is 22.6. The van der Waals surface area contributed by atoms with Crippen molar-refractivity contribution >= 4 is 5.91 Å². The van der Waals surface area contributed by atoms with Crippen LogP contribution in [0.1, 0.15) is 108 Å². The summed E-state index contributed by atoms with van der Waals surface area (Å²) in [5, 5.41) is 3.87. The Labute approximate surface area is 486 Å². The minimum absolute atomic E-state index is 0. The molecule has 0 N–H and O–H groups in total. The minimum atomic E-state index is 0. The topological polar surface area (TPSA) is 151 Å². The van der Waals surface area contributed by atoms with E-state index in [-0.39, 0.29) is 13.3 Å². The zero-order chi connectivity index (χ0) is 57.0. The van der Waals surface area contributed by atoms with Gasteiger partial charge >= 0.3 is 0 Å². The Morgan fingerprint density at radius 3 is 1.45 bits per heavy atom. The van der Waals surface area contributed by atoms with E-state index in [1.165, 1.54) is 61.5 Å². The van der Waals surface area contributed by atoms with Crippen LogP contribution in [0, 0.1) is 6.92 Å². The number of amides is 1. The van der Waals surface area contributed by atoms with Gasteiger partial charge in [0.05, 0.1) is 35.0 Å². The molecule has 6 aromatic heterocycles. The van der Waals surface area contributed by atoms with Gasteiger partial charge in [-0.2, -0.15) is 0 Å². The van der Waals surface area contributed by atoms with Crippen LogP contribution in [-0.2, 0) is 105 Å². The van der Waals surface area contributed by atoms with Crippen molar-refractivity contribution in [2.75, 3.05) is 56.4 Å². The Morgan fingerprint density at radius 2 is 0.866 bits per heavy atom. The second kappa shape index (κ2) is 28.5. The number of nitrogens with zero attached hydrogens (tertiary/aromatic N) is 16. The Kier molecular flexibility index (Phi) is 21.1. The van der Waals surface area contributed by atoms with Crippen molar-refractivity contribution in [3.63, 3.8) is 0 Å². The van der Waals surface area contributed by atoms with E-state index in [4.69, 9.17) is 4.52 Å². The van der Waals surface area contributed by atoms with Gasteiger partial charge in [0.25, 0.3) is 5.91 Å². The first-order chi connectivity index (χ1) is 39.1. The van der Waals surface area contributed by atoms with Crippen LogP contribution in [0.25, 0.3) is 0 Å². The first-order valence-corrected chi connectivity index (χ1v) is 27.8. The Balaban J connectivity index is 0.000000122. The Morgan fingerprint density at radius 1 is 0.402 bits per heavy atom. The number of aryl methyl sites for hydroxylation is 2. The van der Waals surface area contributed by atoms with Gasteiger partial charge in [0.1, 0.15) is 6.33 Å². The van der Waals surface area contributed by atoms with Crippen LogP contribution in [0.5, 0.6) is 0 Å². The lowest BCUT2D eigenvalue weighted by Crippen LogP contribution is -2.17. The van der Waals surface area contributed by atoms with Crippen molar-refractivity contribution in [1.29, 1.82) is 0 Å². The number of hydrogen-bond donors (Lipinski definition) is 0. The highest BCUT2D eigenvalue weighted by molar-refractivity contribution is 5.98. The second-order valence-electron chi connectivity index (χ2n) is 22.6. The van der Waals surface area contributed by atoms with Gasteiger partial charge in [0, 0.05) is 172 Å². The van der Waals surface area contributed by atoms with Gasteiger partial charge in [-0.05, 0) is 119 Å². The largest absolute Gasteiger partial charge is 0.359 e. The van der Waals surface area contributed by atoms with Crippen LogP contribution in [0.4, 0.5) is 0 Å². The lowest BCUT2D eigenvalue weighted by molar-refractivity contribution is 0.0816. The summed E-state index contributed by atoms with van der Waals surface area (Å²) in [6.45, 7) is 17.2. The molecule has 8 aliphatic heterocycles. The highest BCUT2D eigenvalue weighted by Gasteiger charge is 2.24. The maximum absolute atomic E-state index is 11.3. The molecular weight excluding hydrogens is 1020 g/mol. The molecule has 2 aromatic carbocycles. The number of rotatable bonds is 0. The zero-order valence-corrected chi connectivity index (χ0v) is 49.1. The highest BCUT2D eigenvalue weighted by atomic mass is 16.5. The predicted octanol–water partition coefficient (Wildman–Crippen LogP) is 8.34. The standard InChI is InChI=1S/C9H9NO.C9H11N.C8H12N2.2C8H10N2.2C7H9N3.C7H10N2O.CH4/c1-10-6-7-4-2-3-5-8(7)9(10)11;1-10-6-8-4-2-3-5-9(8)7-10;1-9-3-7-5-10(2)6-8(7)4-9;1-10-5-7-2-3-9-4-8(7)6-10;1-10-5-7-3-2-4-9-8(7)6-10;1-10-3-6-2-8-5-9-7(6)4-10;1-10-4-6-7(5-10)9-3-2-8-6;1-5-6-3-9(2)4-7(6)10-8-5;/h2-5H,6H2,1H3;2-5H,6-7H2,1H3;3-4H,5-6H2,1-2H3;2*2-4H,5-6H2,1H3;2,5H,3-4H2,1H3;2-3H,4-5H2,1H3;3-4H2,1-2H3;1H4. The first-order valence-electron chi connectivity index (χ1n) is 27.8. The van der Waals surface area contributed by atoms with Crippen LogP contribution in [0.2, 0.25) is 0 Å². The Bertz CT molecular complexity index is 2900. The summed E-state index contributed by atoms with van der Waals surface area (Å²) in [6, 6.07) is 22.6. The van der Waals surface area contributed by atoms with Gasteiger partial charge in [0.15, 0.2) is 5.76 Å². The van der Waals surface area contributed by atoms with E-state index in [2.05, 4.69) is 179 Å². The van der Waals surface area contributed by atoms with Gasteiger partial charge in [-0.15, -0.1) is 0 Å². The van der Waals surface area contributed by atoms with E-state index in [1.807, 2.05) is 69.1 Å². The molecule has 0 saturated carbocycles. The van der Waals surface area contributed by atoms with E-state index >= 15 is 0 Å². The lowest BCUT2D eigenvalue weighted by Gasteiger charge is -2.04. The van der Waals surface area contributed by atoms with Crippen molar-refractivity contribution in [2.24, 2.45) is 7.05 Å². The molecule has 14 heterocycles. The van der Waals surface area contributed by atoms with E-state index in [0.29, 0.717) is 0 Å². The highest BCUT2D eigenvalue weighted by Crippen LogP contribution is 2.25. The van der Waals surface area contributed by atoms with Crippen LogP contribution >= 0.6 is 0 Å². The third-order valence-corrected chi connectivity index (χ3v) is 15.1. The van der Waals surface area contributed by atoms with Crippen LogP contribution in [-0.4, -0.2) is 141 Å². The minimum Gasteiger partial charge on any atom is -0.359 e. The average Bonchev–Trinajstić information content (AvgIpc) is 4.39. The summed E-state index contributed by atoms with van der Waals surface area (Å²) in [7, 11) is 18.7. The van der Waals surface area contributed by atoms with Gasteiger partial charge in [-0.25, -0.2) is 9.97 Å². The molecular formula is C64H84N16O2. The quantitative estimate of drug-likeness (QED) is 0.143.